The van der Waals surface area contributed by atoms with Crippen molar-refractivity contribution in [1.82, 2.24) is 0 Å². The van der Waals surface area contributed by atoms with E-state index in [4.69, 9.17) is 23.8 Å². The van der Waals surface area contributed by atoms with E-state index in [-0.39, 0.29) is 12.8 Å². The molecule has 3 atom stereocenters. The highest BCUT2D eigenvalue weighted by molar-refractivity contribution is 7.47. The van der Waals surface area contributed by atoms with E-state index in [0.717, 1.165) is 89.9 Å². The quantitative estimate of drug-likeness (QED) is 0.0199. The van der Waals surface area contributed by atoms with Gasteiger partial charge in [-0.3, -0.25) is 23.2 Å². The summed E-state index contributed by atoms with van der Waals surface area (Å²) in [6.45, 7) is 1.59. The number of rotatable bonds is 38. The van der Waals surface area contributed by atoms with E-state index in [1.165, 1.54) is 25.7 Å². The van der Waals surface area contributed by atoms with Gasteiger partial charge in [-0.05, 0) is 70.6 Å². The number of esters is 2. The highest BCUT2D eigenvalue weighted by Gasteiger charge is 2.28. The van der Waals surface area contributed by atoms with Crippen molar-refractivity contribution in [3.8, 4) is 0 Å². The third-order valence-corrected chi connectivity index (χ3v) is 9.63. The first-order valence-electron chi connectivity index (χ1n) is 20.3. The molecule has 0 aromatic heterocycles. The maximum Gasteiger partial charge on any atom is 0.472 e. The first-order chi connectivity index (χ1) is 26.4. The molecule has 0 aliphatic heterocycles. The van der Waals surface area contributed by atoms with Crippen molar-refractivity contribution < 1.29 is 61.6 Å². The third kappa shape index (κ3) is 40.1. The summed E-state index contributed by atoms with van der Waals surface area (Å²) in [5.74, 6) is -1.06. The van der Waals surface area contributed by atoms with Crippen molar-refractivity contribution in [3.05, 3.63) is 48.6 Å². The molecule has 0 heterocycles. The Bertz CT molecular complexity index is 1170. The van der Waals surface area contributed by atoms with Gasteiger partial charge in [0.25, 0.3) is 0 Å². The smallest absolute Gasteiger partial charge is 0.462 e. The second-order valence-electron chi connectivity index (χ2n) is 13.5. The molecule has 0 radical (unpaired) electrons. The summed E-state index contributed by atoms with van der Waals surface area (Å²) < 4.78 is 47.6. The minimum Gasteiger partial charge on any atom is -0.462 e. The van der Waals surface area contributed by atoms with Crippen LogP contribution in [0.2, 0.25) is 0 Å². The van der Waals surface area contributed by atoms with Gasteiger partial charge in [0.05, 0.1) is 19.8 Å². The summed E-state index contributed by atoms with van der Waals surface area (Å²) in [5.41, 5.74) is 0. The molecule has 0 rings (SSSR count). The molecule has 0 bridgehead atoms. The van der Waals surface area contributed by atoms with Crippen LogP contribution in [0.1, 0.15) is 155 Å². The Kier molecular flexibility index (Phi) is 35.2. The van der Waals surface area contributed by atoms with Crippen molar-refractivity contribution in [3.63, 3.8) is 0 Å². The van der Waals surface area contributed by atoms with Crippen LogP contribution in [0.25, 0.3) is 0 Å². The van der Waals surface area contributed by atoms with E-state index in [0.29, 0.717) is 12.8 Å². The molecule has 0 aliphatic rings. The number of aliphatic hydroxyl groups is 1. The molecule has 0 saturated carbocycles. The molecule has 3 unspecified atom stereocenters. The summed E-state index contributed by atoms with van der Waals surface area (Å²) in [7, 11) is -9.67. The van der Waals surface area contributed by atoms with Gasteiger partial charge in [-0.2, -0.15) is 0 Å². The minimum atomic E-state index is -4.86. The number of hydrogen-bond donors (Lipinski definition) is 4. The number of allylic oxidation sites excluding steroid dienone is 8. The topological polar surface area (TPSA) is 195 Å². The largest absolute Gasteiger partial charge is 0.472 e. The molecule has 0 fully saturated rings. The second kappa shape index (κ2) is 36.4. The zero-order chi connectivity index (χ0) is 40.9. The molecular formula is C40H72O13P2. The Labute approximate surface area is 330 Å². The minimum absolute atomic E-state index is 0.116. The first kappa shape index (κ1) is 53.1. The molecule has 0 aromatic rings. The maximum absolute atomic E-state index is 12.6. The van der Waals surface area contributed by atoms with Gasteiger partial charge in [0.2, 0.25) is 0 Å². The average Bonchev–Trinajstić information content (AvgIpc) is 3.14. The van der Waals surface area contributed by atoms with E-state index in [2.05, 4.69) is 71.5 Å². The van der Waals surface area contributed by atoms with Crippen molar-refractivity contribution >= 4 is 27.6 Å². The maximum atomic E-state index is 12.6. The van der Waals surface area contributed by atoms with Crippen molar-refractivity contribution in [2.45, 2.75) is 167 Å². The fraction of sp³-hybridized carbons (Fsp3) is 0.750. The van der Waals surface area contributed by atoms with Crippen LogP contribution in [0.3, 0.4) is 0 Å². The van der Waals surface area contributed by atoms with E-state index in [1.54, 1.807) is 0 Å². The van der Waals surface area contributed by atoms with Crippen LogP contribution < -0.4 is 0 Å². The van der Waals surface area contributed by atoms with Crippen molar-refractivity contribution in [1.29, 1.82) is 0 Å². The van der Waals surface area contributed by atoms with Gasteiger partial charge in [-0.1, -0.05) is 120 Å². The number of phosphoric ester groups is 2. The third-order valence-electron chi connectivity index (χ3n) is 8.19. The van der Waals surface area contributed by atoms with Crippen LogP contribution >= 0.6 is 15.6 Å². The number of aliphatic hydroxyl groups excluding tert-OH is 1. The number of unbranched alkanes of at least 4 members (excludes halogenated alkanes) is 14. The SMILES string of the molecule is CCC=CCC=CCC=CCCCCCCCC(=O)OCC(COP(=O)(O)OCC(O)COP(=O)(O)O)OC(=O)CCCCCCCC=CCCCCCC. The van der Waals surface area contributed by atoms with Gasteiger partial charge in [-0.15, -0.1) is 0 Å². The second-order valence-corrected chi connectivity index (χ2v) is 16.2. The van der Waals surface area contributed by atoms with Crippen LogP contribution in [0.4, 0.5) is 0 Å². The molecule has 13 nitrogen and oxygen atoms in total. The van der Waals surface area contributed by atoms with Crippen LogP contribution in [-0.4, -0.2) is 70.4 Å². The van der Waals surface area contributed by atoms with Crippen LogP contribution in [0.15, 0.2) is 48.6 Å². The number of ether oxygens (including phenoxy) is 2. The summed E-state index contributed by atoms with van der Waals surface area (Å²) >= 11 is 0. The summed E-state index contributed by atoms with van der Waals surface area (Å²) in [5, 5.41) is 9.72. The Balaban J connectivity index is 4.59. The number of phosphoric acid groups is 2. The molecule has 0 spiro atoms. The van der Waals surface area contributed by atoms with Gasteiger partial charge in [0.1, 0.15) is 12.7 Å². The summed E-state index contributed by atoms with van der Waals surface area (Å²) in [6.07, 6.45) is 35.4. The fourth-order valence-electron chi connectivity index (χ4n) is 5.12. The van der Waals surface area contributed by atoms with Gasteiger partial charge >= 0.3 is 27.6 Å². The molecule has 55 heavy (non-hydrogen) atoms. The van der Waals surface area contributed by atoms with Crippen LogP contribution in [0, 0.1) is 0 Å². The number of hydrogen-bond acceptors (Lipinski definition) is 10. The van der Waals surface area contributed by atoms with Crippen LogP contribution in [0.5, 0.6) is 0 Å². The highest BCUT2D eigenvalue weighted by Crippen LogP contribution is 2.43. The normalized spacial score (nSPS) is 14.7. The number of carbonyl (C=O) groups excluding carboxylic acids is 2. The first-order valence-corrected chi connectivity index (χ1v) is 23.4. The van der Waals surface area contributed by atoms with E-state index < -0.39 is 66.2 Å². The van der Waals surface area contributed by atoms with Crippen molar-refractivity contribution in [2.75, 3.05) is 26.4 Å². The monoisotopic (exact) mass is 822 g/mol. The Morgan fingerprint density at radius 1 is 0.545 bits per heavy atom. The van der Waals surface area contributed by atoms with E-state index >= 15 is 0 Å². The molecule has 0 aromatic carbocycles. The van der Waals surface area contributed by atoms with Gasteiger partial charge in [-0.25, -0.2) is 9.13 Å². The fourth-order valence-corrected chi connectivity index (χ4v) is 6.28. The molecular weight excluding hydrogens is 750 g/mol. The van der Waals surface area contributed by atoms with E-state index in [9.17, 15) is 28.7 Å². The van der Waals surface area contributed by atoms with E-state index in [1.807, 2.05) is 0 Å². The average molecular weight is 823 g/mol. The molecule has 0 saturated heterocycles. The molecule has 0 amide bonds. The lowest BCUT2D eigenvalue weighted by Crippen LogP contribution is -2.30. The standard InChI is InChI=1S/C40H72O13P2/c1-3-5-7-9-11-13-15-17-18-20-21-23-25-27-29-31-39(42)49-35-38(36-52-55(47,48)51-34-37(41)33-50-54(44,45)46)53-40(43)32-30-28-26-24-22-19-16-14-12-10-8-6-4-2/h5,7,11,13-14,16-18,37-38,41H,3-4,6,8-10,12,15,19-36H2,1-2H3,(H,47,48)(H2,44,45,46). The predicted molar refractivity (Wildman–Crippen MR) is 216 cm³/mol. The number of carbonyl (C=O) groups is 2. The summed E-state index contributed by atoms with van der Waals surface area (Å²) in [4.78, 5) is 52.5. The molecule has 0 aliphatic carbocycles. The predicted octanol–water partition coefficient (Wildman–Crippen LogP) is 9.89. The zero-order valence-electron chi connectivity index (χ0n) is 33.5. The lowest BCUT2D eigenvalue weighted by Gasteiger charge is -2.20. The molecule has 15 heteroatoms. The van der Waals surface area contributed by atoms with Crippen LogP contribution in [-0.2, 0) is 41.8 Å². The van der Waals surface area contributed by atoms with Gasteiger partial charge < -0.3 is 29.3 Å². The Morgan fingerprint density at radius 3 is 1.56 bits per heavy atom. The Morgan fingerprint density at radius 2 is 1.00 bits per heavy atom. The Hall–Kier alpha value is -1.92. The zero-order valence-corrected chi connectivity index (χ0v) is 35.3. The van der Waals surface area contributed by atoms with Gasteiger partial charge in [0, 0.05) is 12.8 Å². The summed E-state index contributed by atoms with van der Waals surface area (Å²) in [6, 6.07) is 0. The highest BCUT2D eigenvalue weighted by atomic mass is 31.2. The molecule has 320 valence electrons. The lowest BCUT2D eigenvalue weighted by atomic mass is 10.1. The van der Waals surface area contributed by atoms with Crippen molar-refractivity contribution in [2.24, 2.45) is 0 Å². The van der Waals surface area contributed by atoms with Gasteiger partial charge in [0.15, 0.2) is 6.10 Å². The lowest BCUT2D eigenvalue weighted by molar-refractivity contribution is -0.161. The molecule has 4 N–H and O–H groups in total.